The van der Waals surface area contributed by atoms with Gasteiger partial charge in [-0.25, -0.2) is 0 Å². The molecule has 1 aliphatic heterocycles. The number of nitrogens with zero attached hydrogens (tertiary/aromatic N) is 2. The van der Waals surface area contributed by atoms with Gasteiger partial charge < -0.3 is 4.90 Å². The van der Waals surface area contributed by atoms with E-state index in [0.29, 0.717) is 6.54 Å². The molecule has 86 valence electrons. The first-order valence-corrected chi connectivity index (χ1v) is 4.54. The van der Waals surface area contributed by atoms with Crippen LogP contribution >= 0.6 is 0 Å². The molecule has 1 unspecified atom stereocenters. The average Bonchev–Trinajstić information content (AvgIpc) is 2.15. The van der Waals surface area contributed by atoms with E-state index >= 15 is 0 Å². The Hall–Kier alpha value is -1.04. The van der Waals surface area contributed by atoms with Gasteiger partial charge >= 0.3 is 6.18 Å². The molecule has 0 radical (unpaired) electrons. The van der Waals surface area contributed by atoms with Crippen LogP contribution < -0.4 is 0 Å². The van der Waals surface area contributed by atoms with Crippen molar-refractivity contribution in [3.05, 3.63) is 12.7 Å². The molecule has 3 nitrogen and oxygen atoms in total. The van der Waals surface area contributed by atoms with E-state index in [1.807, 2.05) is 0 Å². The quantitative estimate of drug-likeness (QED) is 0.615. The molecule has 1 fully saturated rings. The number of piperazine rings is 1. The van der Waals surface area contributed by atoms with Crippen LogP contribution in [0.1, 0.15) is 0 Å². The summed E-state index contributed by atoms with van der Waals surface area (Å²) in [5.41, 5.74) is 0. The molecule has 0 N–H and O–H groups in total. The molecule has 0 aromatic heterocycles. The van der Waals surface area contributed by atoms with Crippen molar-refractivity contribution in [1.29, 1.82) is 0 Å². The summed E-state index contributed by atoms with van der Waals surface area (Å²) < 4.78 is 37.6. The van der Waals surface area contributed by atoms with E-state index in [-0.39, 0.29) is 13.1 Å². The molecule has 15 heavy (non-hydrogen) atoms. The van der Waals surface area contributed by atoms with Crippen LogP contribution in [0.5, 0.6) is 0 Å². The first kappa shape index (κ1) is 12.0. The maximum absolute atomic E-state index is 12.5. The van der Waals surface area contributed by atoms with Crippen LogP contribution in [-0.2, 0) is 4.79 Å². The Morgan fingerprint density at radius 1 is 1.47 bits per heavy atom. The van der Waals surface area contributed by atoms with E-state index in [4.69, 9.17) is 0 Å². The molecule has 1 heterocycles. The molecule has 0 aromatic carbocycles. The van der Waals surface area contributed by atoms with Gasteiger partial charge in [-0.2, -0.15) is 13.2 Å². The summed E-state index contributed by atoms with van der Waals surface area (Å²) in [6, 6.07) is -1.57. The zero-order valence-corrected chi connectivity index (χ0v) is 8.42. The third-order valence-electron chi connectivity index (χ3n) is 2.51. The van der Waals surface area contributed by atoms with Crippen molar-refractivity contribution in [2.45, 2.75) is 12.2 Å². The minimum atomic E-state index is -4.30. The zero-order valence-electron chi connectivity index (χ0n) is 8.42. The fourth-order valence-electron chi connectivity index (χ4n) is 1.56. The maximum Gasteiger partial charge on any atom is 0.405 e. The van der Waals surface area contributed by atoms with Gasteiger partial charge in [0.2, 0.25) is 5.91 Å². The van der Waals surface area contributed by atoms with Crippen LogP contribution in [0, 0.1) is 0 Å². The fourth-order valence-corrected chi connectivity index (χ4v) is 1.56. The van der Waals surface area contributed by atoms with Gasteiger partial charge in [-0.05, 0) is 13.1 Å². The number of alkyl halides is 3. The first-order valence-electron chi connectivity index (χ1n) is 4.54. The molecule has 1 saturated heterocycles. The van der Waals surface area contributed by atoms with Gasteiger partial charge in [-0.15, -0.1) is 0 Å². The van der Waals surface area contributed by atoms with E-state index in [1.165, 1.54) is 16.8 Å². The van der Waals surface area contributed by atoms with E-state index in [1.54, 1.807) is 0 Å². The second kappa shape index (κ2) is 4.22. The number of hydrogen-bond donors (Lipinski definition) is 0. The van der Waals surface area contributed by atoms with Crippen molar-refractivity contribution in [2.75, 3.05) is 26.7 Å². The van der Waals surface area contributed by atoms with Crippen LogP contribution in [0.3, 0.4) is 0 Å². The normalized spacial score (nSPS) is 24.0. The number of halogens is 3. The highest BCUT2D eigenvalue weighted by atomic mass is 19.4. The molecule has 0 saturated carbocycles. The van der Waals surface area contributed by atoms with Crippen LogP contribution in [0.25, 0.3) is 0 Å². The SMILES string of the molecule is C=CC(=O)N1CCN(C)C(C(F)(F)F)C1. The number of amides is 1. The summed E-state index contributed by atoms with van der Waals surface area (Å²) >= 11 is 0. The van der Waals surface area contributed by atoms with Crippen LogP contribution in [0.15, 0.2) is 12.7 Å². The molecule has 0 bridgehead atoms. The number of carbonyl (C=O) groups is 1. The monoisotopic (exact) mass is 222 g/mol. The molecule has 1 amide bonds. The van der Waals surface area contributed by atoms with Crippen molar-refractivity contribution in [2.24, 2.45) is 0 Å². The molecule has 1 aliphatic rings. The van der Waals surface area contributed by atoms with Crippen molar-refractivity contribution < 1.29 is 18.0 Å². The van der Waals surface area contributed by atoms with Crippen molar-refractivity contribution in [1.82, 2.24) is 9.80 Å². The Kier molecular flexibility index (Phi) is 3.38. The highest BCUT2D eigenvalue weighted by molar-refractivity contribution is 5.87. The second-order valence-electron chi connectivity index (χ2n) is 3.53. The molecule has 1 atom stereocenters. The van der Waals surface area contributed by atoms with Crippen LogP contribution in [-0.4, -0.2) is 54.6 Å². The van der Waals surface area contributed by atoms with Gasteiger partial charge in [0, 0.05) is 19.6 Å². The maximum atomic E-state index is 12.5. The van der Waals surface area contributed by atoms with Crippen molar-refractivity contribution in [3.8, 4) is 0 Å². The lowest BCUT2D eigenvalue weighted by molar-refractivity contribution is -0.193. The highest BCUT2D eigenvalue weighted by Crippen LogP contribution is 2.26. The van der Waals surface area contributed by atoms with E-state index in [9.17, 15) is 18.0 Å². The van der Waals surface area contributed by atoms with Gasteiger partial charge in [-0.1, -0.05) is 6.58 Å². The topological polar surface area (TPSA) is 23.6 Å². The minimum absolute atomic E-state index is 0.226. The summed E-state index contributed by atoms with van der Waals surface area (Å²) in [5, 5.41) is 0. The van der Waals surface area contributed by atoms with Gasteiger partial charge in [-0.3, -0.25) is 9.69 Å². The Bertz CT molecular complexity index is 265. The van der Waals surface area contributed by atoms with Crippen LogP contribution in [0.4, 0.5) is 13.2 Å². The smallest absolute Gasteiger partial charge is 0.336 e. The Balaban J connectivity index is 2.72. The number of rotatable bonds is 1. The van der Waals surface area contributed by atoms with Gasteiger partial charge in [0.25, 0.3) is 0 Å². The summed E-state index contributed by atoms with van der Waals surface area (Å²) in [5.74, 6) is -0.447. The molecule has 0 spiro atoms. The van der Waals surface area contributed by atoms with E-state index < -0.39 is 18.1 Å². The van der Waals surface area contributed by atoms with Crippen LogP contribution in [0.2, 0.25) is 0 Å². The molecule has 0 aliphatic carbocycles. The molecule has 6 heteroatoms. The standard InChI is InChI=1S/C9H13F3N2O/c1-3-8(15)14-5-4-13(2)7(6-14)9(10,11)12/h3,7H,1,4-6H2,2H3. The Labute approximate surface area is 86.1 Å². The van der Waals surface area contributed by atoms with Gasteiger partial charge in [0.05, 0.1) is 0 Å². The summed E-state index contributed by atoms with van der Waals surface area (Å²) in [4.78, 5) is 13.6. The number of hydrogen-bond acceptors (Lipinski definition) is 2. The lowest BCUT2D eigenvalue weighted by atomic mass is 10.1. The molecular weight excluding hydrogens is 209 g/mol. The predicted molar refractivity (Wildman–Crippen MR) is 49.3 cm³/mol. The highest BCUT2D eigenvalue weighted by Gasteiger charge is 2.45. The third-order valence-corrected chi connectivity index (χ3v) is 2.51. The lowest BCUT2D eigenvalue weighted by Crippen LogP contribution is -2.58. The largest absolute Gasteiger partial charge is 0.405 e. The summed E-state index contributed by atoms with van der Waals surface area (Å²) in [7, 11) is 1.41. The minimum Gasteiger partial charge on any atom is -0.336 e. The lowest BCUT2D eigenvalue weighted by Gasteiger charge is -2.39. The summed E-state index contributed by atoms with van der Waals surface area (Å²) in [6.07, 6.45) is -3.26. The molecule has 0 aromatic rings. The predicted octanol–water partition coefficient (Wildman–Crippen LogP) is 0.877. The Morgan fingerprint density at radius 3 is 2.53 bits per heavy atom. The first-order chi connectivity index (χ1) is 6.86. The van der Waals surface area contributed by atoms with Gasteiger partial charge in [0.1, 0.15) is 6.04 Å². The van der Waals surface area contributed by atoms with Crippen molar-refractivity contribution >= 4 is 5.91 Å². The average molecular weight is 222 g/mol. The van der Waals surface area contributed by atoms with Gasteiger partial charge in [0.15, 0.2) is 0 Å². The molecular formula is C9H13F3N2O. The number of likely N-dealkylation sites (N-methyl/N-ethyl adjacent to an activating group) is 1. The Morgan fingerprint density at radius 2 is 2.07 bits per heavy atom. The fraction of sp³-hybridized carbons (Fsp3) is 0.667. The second-order valence-corrected chi connectivity index (χ2v) is 3.53. The van der Waals surface area contributed by atoms with E-state index in [2.05, 4.69) is 6.58 Å². The number of carbonyl (C=O) groups excluding carboxylic acids is 1. The third kappa shape index (κ3) is 2.71. The molecule has 1 rings (SSSR count). The van der Waals surface area contributed by atoms with E-state index in [0.717, 1.165) is 6.08 Å². The zero-order chi connectivity index (χ0) is 11.6. The summed E-state index contributed by atoms with van der Waals surface area (Å²) in [6.45, 7) is 3.48. The van der Waals surface area contributed by atoms with Crippen molar-refractivity contribution in [3.63, 3.8) is 0 Å².